The van der Waals surface area contributed by atoms with Gasteiger partial charge in [-0.25, -0.2) is 12.8 Å². The van der Waals surface area contributed by atoms with Gasteiger partial charge in [0, 0.05) is 21.5 Å². The number of halogens is 4. The number of ether oxygens (including phenoxy) is 1. The van der Waals surface area contributed by atoms with Crippen LogP contribution in [0.3, 0.4) is 0 Å². The van der Waals surface area contributed by atoms with Crippen LogP contribution in [-0.2, 0) is 10.0 Å². The summed E-state index contributed by atoms with van der Waals surface area (Å²) < 4.78 is 48.1. The van der Waals surface area contributed by atoms with Gasteiger partial charge in [0.2, 0.25) is 10.0 Å². The van der Waals surface area contributed by atoms with E-state index in [0.717, 1.165) is 11.6 Å². The molecule has 0 radical (unpaired) electrons. The number of hydrogen-bond donors (Lipinski definition) is 2. The average Bonchev–Trinajstić information content (AvgIpc) is 3.28. The molecule has 3 aromatic carbocycles. The van der Waals surface area contributed by atoms with Crippen molar-refractivity contribution in [2.24, 2.45) is 5.10 Å². The van der Waals surface area contributed by atoms with Crippen molar-refractivity contribution < 1.29 is 17.5 Å². The van der Waals surface area contributed by atoms with Crippen LogP contribution in [0.4, 0.5) is 4.39 Å². The first-order chi connectivity index (χ1) is 16.2. The molecule has 0 aromatic heterocycles. The number of sulfonamides is 1. The van der Waals surface area contributed by atoms with Gasteiger partial charge in [0.25, 0.3) is 0 Å². The van der Waals surface area contributed by atoms with Gasteiger partial charge in [0.05, 0.1) is 29.8 Å². The molecule has 6 nitrogen and oxygen atoms in total. The van der Waals surface area contributed by atoms with Gasteiger partial charge in [-0.05, 0) is 53.6 Å². The Morgan fingerprint density at radius 1 is 1.06 bits per heavy atom. The molecule has 2 unspecified atom stereocenters. The number of nitrogens with zero attached hydrogens (tertiary/aromatic N) is 1. The predicted octanol–water partition coefficient (Wildman–Crippen LogP) is 5.90. The Kier molecular flexibility index (Phi) is 7.35. The zero-order valence-electron chi connectivity index (χ0n) is 17.7. The summed E-state index contributed by atoms with van der Waals surface area (Å²) in [5, 5.41) is 5.67. The Morgan fingerprint density at radius 3 is 2.41 bits per heavy atom. The molecule has 1 aliphatic rings. The summed E-state index contributed by atoms with van der Waals surface area (Å²) in [4.78, 5) is -0.262. The van der Waals surface area contributed by atoms with E-state index in [0.29, 0.717) is 27.7 Å². The van der Waals surface area contributed by atoms with Gasteiger partial charge >= 0.3 is 0 Å². The molecule has 178 valence electrons. The molecule has 11 heteroatoms. The molecule has 0 spiro atoms. The van der Waals surface area contributed by atoms with Gasteiger partial charge in [-0.3, -0.25) is 0 Å². The minimum absolute atomic E-state index is 0.0635. The Bertz CT molecular complexity index is 1350. The highest BCUT2D eigenvalue weighted by Crippen LogP contribution is 2.34. The SMILES string of the molecule is COc1ccc(S(=O)(=O)NC(C2=NNC(c3ccc(Cl)cc3)C2)c2ccc(Cl)cc2Cl)cc1F. The van der Waals surface area contributed by atoms with Crippen LogP contribution in [0.2, 0.25) is 15.1 Å². The molecule has 2 atom stereocenters. The summed E-state index contributed by atoms with van der Waals surface area (Å²) in [6.07, 6.45) is 0.394. The predicted molar refractivity (Wildman–Crippen MR) is 132 cm³/mol. The van der Waals surface area contributed by atoms with Crippen LogP contribution in [0.25, 0.3) is 0 Å². The van der Waals surface area contributed by atoms with Crippen molar-refractivity contribution in [2.75, 3.05) is 7.11 Å². The van der Waals surface area contributed by atoms with Crippen molar-refractivity contribution in [1.29, 1.82) is 0 Å². The fourth-order valence-corrected chi connectivity index (χ4v) is 5.47. The Balaban J connectivity index is 1.68. The second kappa shape index (κ2) is 10.1. The minimum Gasteiger partial charge on any atom is -0.494 e. The van der Waals surface area contributed by atoms with Crippen molar-refractivity contribution in [3.05, 3.63) is 92.7 Å². The fourth-order valence-electron chi connectivity index (χ4n) is 3.62. The second-order valence-corrected chi connectivity index (χ2v) is 10.6. The molecular weight excluding hydrogens is 524 g/mol. The second-order valence-electron chi connectivity index (χ2n) is 7.56. The van der Waals surface area contributed by atoms with Crippen molar-refractivity contribution in [2.45, 2.75) is 23.4 Å². The highest BCUT2D eigenvalue weighted by atomic mass is 35.5. The number of methoxy groups -OCH3 is 1. The van der Waals surface area contributed by atoms with Gasteiger partial charge in [0.15, 0.2) is 11.6 Å². The molecule has 1 heterocycles. The first-order valence-electron chi connectivity index (χ1n) is 10.1. The maximum Gasteiger partial charge on any atom is 0.241 e. The molecule has 0 saturated carbocycles. The van der Waals surface area contributed by atoms with Crippen LogP contribution in [0.1, 0.15) is 29.6 Å². The third-order valence-corrected chi connectivity index (χ3v) is 7.60. The number of hydrazone groups is 1. The lowest BCUT2D eigenvalue weighted by molar-refractivity contribution is 0.385. The molecule has 0 aliphatic carbocycles. The maximum absolute atomic E-state index is 14.2. The van der Waals surface area contributed by atoms with Gasteiger partial charge in [-0.15, -0.1) is 0 Å². The van der Waals surface area contributed by atoms with Crippen molar-refractivity contribution in [1.82, 2.24) is 10.1 Å². The van der Waals surface area contributed by atoms with Crippen LogP contribution < -0.4 is 14.9 Å². The highest BCUT2D eigenvalue weighted by Gasteiger charge is 2.32. The molecule has 2 N–H and O–H groups in total. The summed E-state index contributed by atoms with van der Waals surface area (Å²) in [6, 6.07) is 14.3. The van der Waals surface area contributed by atoms with Crippen molar-refractivity contribution in [3.8, 4) is 5.75 Å². The summed E-state index contributed by atoms with van der Waals surface area (Å²) in [7, 11) is -2.87. The summed E-state index contributed by atoms with van der Waals surface area (Å²) >= 11 is 18.5. The average molecular weight is 543 g/mol. The summed E-state index contributed by atoms with van der Waals surface area (Å²) in [5.74, 6) is -0.861. The zero-order valence-corrected chi connectivity index (χ0v) is 20.8. The van der Waals surface area contributed by atoms with E-state index in [-0.39, 0.29) is 21.7 Å². The Hall–Kier alpha value is -2.36. The zero-order chi connectivity index (χ0) is 24.5. The molecule has 0 bridgehead atoms. The van der Waals surface area contributed by atoms with E-state index in [1.54, 1.807) is 24.3 Å². The van der Waals surface area contributed by atoms with Crippen LogP contribution in [-0.4, -0.2) is 21.2 Å². The highest BCUT2D eigenvalue weighted by molar-refractivity contribution is 7.89. The molecule has 0 amide bonds. The topological polar surface area (TPSA) is 79.8 Å². The fraction of sp³-hybridized carbons (Fsp3) is 0.174. The van der Waals surface area contributed by atoms with E-state index in [2.05, 4.69) is 15.2 Å². The van der Waals surface area contributed by atoms with Gasteiger partial charge in [-0.2, -0.15) is 9.82 Å². The number of benzene rings is 3. The van der Waals surface area contributed by atoms with Crippen LogP contribution >= 0.6 is 34.8 Å². The van der Waals surface area contributed by atoms with Gasteiger partial charge in [-0.1, -0.05) is 53.0 Å². The standard InChI is InChI=1S/C23H19Cl3FN3O3S/c1-33-22-9-7-16(11-19(22)27)34(31,32)30-23(17-8-6-15(25)10-18(17)26)21-12-20(28-29-21)13-2-4-14(24)5-3-13/h2-11,20,23,28,30H,12H2,1H3. The molecule has 0 fully saturated rings. The molecular formula is C23H19Cl3FN3O3S. The van der Waals surface area contributed by atoms with Crippen LogP contribution in [0.5, 0.6) is 5.75 Å². The maximum atomic E-state index is 14.2. The van der Waals surface area contributed by atoms with Crippen molar-refractivity contribution in [3.63, 3.8) is 0 Å². The Morgan fingerprint density at radius 2 is 1.76 bits per heavy atom. The normalized spacial score (nSPS) is 16.6. The molecule has 1 aliphatic heterocycles. The monoisotopic (exact) mass is 541 g/mol. The van der Waals surface area contributed by atoms with E-state index >= 15 is 0 Å². The first kappa shape index (κ1) is 24.8. The quantitative estimate of drug-likeness (QED) is 0.389. The van der Waals surface area contributed by atoms with Gasteiger partial charge in [0.1, 0.15) is 0 Å². The third kappa shape index (κ3) is 5.31. The Labute approximate surface area is 211 Å². The third-order valence-electron chi connectivity index (χ3n) is 5.36. The smallest absolute Gasteiger partial charge is 0.241 e. The summed E-state index contributed by atoms with van der Waals surface area (Å²) in [6.45, 7) is 0. The van der Waals surface area contributed by atoms with Gasteiger partial charge < -0.3 is 10.2 Å². The molecule has 0 saturated heterocycles. The first-order valence-corrected chi connectivity index (χ1v) is 12.7. The summed E-state index contributed by atoms with van der Waals surface area (Å²) in [5.41, 5.74) is 4.93. The van der Waals surface area contributed by atoms with Crippen molar-refractivity contribution >= 4 is 50.5 Å². The van der Waals surface area contributed by atoms with E-state index in [4.69, 9.17) is 39.5 Å². The van der Waals surface area contributed by atoms with E-state index in [1.165, 1.54) is 25.3 Å². The lowest BCUT2D eigenvalue weighted by Gasteiger charge is -2.21. The lowest BCUT2D eigenvalue weighted by atomic mass is 9.96. The van der Waals surface area contributed by atoms with E-state index in [1.807, 2.05) is 12.1 Å². The molecule has 3 aromatic rings. The number of nitrogens with one attached hydrogen (secondary N) is 2. The largest absolute Gasteiger partial charge is 0.494 e. The minimum atomic E-state index is -4.17. The van der Waals surface area contributed by atoms with Crippen LogP contribution in [0, 0.1) is 5.82 Å². The van der Waals surface area contributed by atoms with E-state index < -0.39 is 21.9 Å². The van der Waals surface area contributed by atoms with E-state index in [9.17, 15) is 12.8 Å². The lowest BCUT2D eigenvalue weighted by Crippen LogP contribution is -2.34. The number of hydrogen-bond acceptors (Lipinski definition) is 5. The molecule has 4 rings (SSSR count). The number of rotatable bonds is 7. The molecule has 34 heavy (non-hydrogen) atoms. The van der Waals surface area contributed by atoms with Crippen LogP contribution in [0.15, 0.2) is 70.7 Å².